The number of phosphoric ester groups is 1. The molecule has 1 saturated heterocycles. The molecule has 1 fully saturated rings. The second kappa shape index (κ2) is 17.5. The summed E-state index contributed by atoms with van der Waals surface area (Å²) in [6.45, 7) is 0.360. The van der Waals surface area contributed by atoms with Crippen molar-refractivity contribution in [2.75, 3.05) is 19.8 Å². The van der Waals surface area contributed by atoms with Gasteiger partial charge in [-0.25, -0.2) is 27.6 Å². The van der Waals surface area contributed by atoms with Crippen molar-refractivity contribution in [3.8, 4) is 6.07 Å². The van der Waals surface area contributed by atoms with E-state index in [4.69, 9.17) is 24.4 Å². The molecule has 0 amide bonds. The molecule has 4 rings (SSSR count). The molecule has 0 spiro atoms. The molecule has 12 nitrogen and oxygen atoms in total. The van der Waals surface area contributed by atoms with E-state index in [1.54, 1.807) is 25.2 Å². The fourth-order valence-corrected chi connectivity index (χ4v) is 6.12. The first kappa shape index (κ1) is 38.6. The monoisotopic (exact) mass is 702 g/mol. The van der Waals surface area contributed by atoms with Crippen molar-refractivity contribution in [2.24, 2.45) is 0 Å². The van der Waals surface area contributed by atoms with Crippen molar-refractivity contribution >= 4 is 31.6 Å². The summed E-state index contributed by atoms with van der Waals surface area (Å²) in [5.41, 5.74) is -1.67. The first-order valence-corrected chi connectivity index (χ1v) is 15.9. The van der Waals surface area contributed by atoms with Crippen LogP contribution in [0.1, 0.15) is 23.6 Å². The van der Waals surface area contributed by atoms with Crippen LogP contribution in [0.4, 0.5) is 13.2 Å². The van der Waals surface area contributed by atoms with Crippen molar-refractivity contribution in [1.82, 2.24) is 14.8 Å². The summed E-state index contributed by atoms with van der Waals surface area (Å²) >= 11 is 1.20. The normalized spacial score (nSPS) is 19.8. The molecule has 0 saturated carbocycles. The van der Waals surface area contributed by atoms with Crippen LogP contribution in [0.25, 0.3) is 6.08 Å². The van der Waals surface area contributed by atoms with E-state index >= 15 is 4.39 Å². The van der Waals surface area contributed by atoms with E-state index in [1.165, 1.54) is 47.3 Å². The molecule has 244 valence electrons. The van der Waals surface area contributed by atoms with Crippen molar-refractivity contribution in [1.29, 1.82) is 5.26 Å². The minimum atomic E-state index is -5.30. The Kier molecular flexibility index (Phi) is 14.4. The number of hydrogen-bond acceptors (Lipinski definition) is 11. The number of halogens is 3. The number of rotatable bonds is 13. The molecule has 1 aromatic heterocycles. The zero-order valence-electron chi connectivity index (χ0n) is 25.1. The molecule has 3 aromatic rings. The molecule has 1 N–H and O–H groups in total. The molecule has 0 radical (unpaired) electrons. The zero-order valence-corrected chi connectivity index (χ0v) is 28.8. The van der Waals surface area contributed by atoms with E-state index in [0.29, 0.717) is 6.07 Å². The largest absolute Gasteiger partial charge is 1.00 e. The van der Waals surface area contributed by atoms with E-state index in [-0.39, 0.29) is 71.3 Å². The van der Waals surface area contributed by atoms with Gasteiger partial charge in [-0.05, 0) is 37.3 Å². The first-order valence-electron chi connectivity index (χ1n) is 13.5. The molecule has 1 aliphatic rings. The Hall–Kier alpha value is -2.81. The summed E-state index contributed by atoms with van der Waals surface area (Å²) in [6, 6.07) is 8.67. The molecule has 0 bridgehead atoms. The Labute approximate surface area is 294 Å². The predicted molar refractivity (Wildman–Crippen MR) is 156 cm³/mol. The number of allylic oxidation sites excluding steroid dienone is 2. The Morgan fingerprint density at radius 1 is 1.26 bits per heavy atom. The number of carbonyl (C=O) groups is 1. The molecule has 2 aromatic carbocycles. The second-order valence-electron chi connectivity index (χ2n) is 9.85. The Morgan fingerprint density at radius 2 is 2.00 bits per heavy atom. The van der Waals surface area contributed by atoms with E-state index in [2.05, 4.69) is 14.6 Å². The van der Waals surface area contributed by atoms with Gasteiger partial charge in [0.1, 0.15) is 30.1 Å². The molecule has 3 atom stereocenters. The average molecular weight is 703 g/mol. The number of thioether (sulfide) groups is 1. The molecule has 47 heavy (non-hydrogen) atoms. The topological polar surface area (TPSA) is 169 Å². The number of ether oxygens (including phenoxy) is 3. The van der Waals surface area contributed by atoms with Gasteiger partial charge in [-0.15, -0.1) is 11.8 Å². The summed E-state index contributed by atoms with van der Waals surface area (Å²) in [5, 5.41) is 11.7. The minimum absolute atomic E-state index is 0. The summed E-state index contributed by atoms with van der Waals surface area (Å²) in [5.74, 6) is -3.74. The second-order valence-corrected chi connectivity index (χ2v) is 12.7. The minimum Gasteiger partial charge on any atom is -0.756 e. The predicted octanol–water partition coefficient (Wildman–Crippen LogP) is 0.620. The maximum atomic E-state index is 15.4. The number of benzene rings is 2. The number of hydrogen-bond donors (Lipinski definition) is 1. The van der Waals surface area contributed by atoms with E-state index in [0.717, 1.165) is 18.2 Å². The van der Waals surface area contributed by atoms with Gasteiger partial charge in [-0.3, -0.25) is 4.57 Å². The standard InChI is InChI=1S/C29H28F3N4O8PS.Na/c1-19(46-23-13-41-28(42-14-23)5-3-2-4-21-7-6-20(12-33)10-25(21)31)29(16-36-18-34-17-35-36,24-9-8-22(30)11-26(24)32)44-27(37)15-43-45(38,39)40;/h2-11,17-19,23,28H,13-16H2,1H3,(H2,38,39,40);/q;+1/p-1/t19-,23-,28-,29-;/m1./s1. The van der Waals surface area contributed by atoms with Crippen LogP contribution in [0, 0.1) is 28.8 Å². The third kappa shape index (κ3) is 11.1. The van der Waals surface area contributed by atoms with Crippen LogP contribution in [0.5, 0.6) is 0 Å². The van der Waals surface area contributed by atoms with Gasteiger partial charge in [0.05, 0.1) is 36.6 Å². The summed E-state index contributed by atoms with van der Waals surface area (Å²) < 4.78 is 77.1. The van der Waals surface area contributed by atoms with Crippen molar-refractivity contribution in [2.45, 2.75) is 35.9 Å². The molecule has 0 aliphatic carbocycles. The number of nitriles is 1. The molecule has 18 heteroatoms. The molecule has 2 heterocycles. The van der Waals surface area contributed by atoms with Crippen LogP contribution in [0.2, 0.25) is 0 Å². The third-order valence-corrected chi connectivity index (χ3v) is 8.52. The maximum absolute atomic E-state index is 15.4. The number of esters is 1. The quantitative estimate of drug-likeness (QED) is 0.114. The summed E-state index contributed by atoms with van der Waals surface area (Å²) in [6.07, 6.45) is 8.04. The third-order valence-electron chi connectivity index (χ3n) is 6.62. The zero-order chi connectivity index (χ0) is 33.3. The molecule has 1 unspecified atom stereocenters. The van der Waals surface area contributed by atoms with Gasteiger partial charge >= 0.3 is 35.5 Å². The van der Waals surface area contributed by atoms with Crippen molar-refractivity contribution in [3.05, 3.63) is 101 Å². The molecule has 1 aliphatic heterocycles. The van der Waals surface area contributed by atoms with Gasteiger partial charge in [0.15, 0.2) is 18.5 Å². The number of phosphoric acid groups is 1. The van der Waals surface area contributed by atoms with E-state index in [1.807, 2.05) is 6.07 Å². The van der Waals surface area contributed by atoms with E-state index < -0.39 is 55.0 Å². The number of aromatic nitrogens is 3. The smallest absolute Gasteiger partial charge is 0.756 e. The van der Waals surface area contributed by atoms with Crippen LogP contribution in [-0.4, -0.2) is 62.2 Å². The van der Waals surface area contributed by atoms with Crippen LogP contribution >= 0.6 is 19.6 Å². The Balaban J connectivity index is 0.00000600. The van der Waals surface area contributed by atoms with Gasteiger partial charge in [-0.2, -0.15) is 10.4 Å². The van der Waals surface area contributed by atoms with Crippen molar-refractivity contribution < 1.29 is 80.6 Å². The van der Waals surface area contributed by atoms with Crippen LogP contribution in [0.3, 0.4) is 0 Å². The van der Waals surface area contributed by atoms with Gasteiger partial charge in [0, 0.05) is 22.4 Å². The Bertz CT molecular complexity index is 1670. The number of carbonyl (C=O) groups excluding carboxylic acids is 1. The SMILES string of the molecule is C[C@@H](S[C@H]1CO[C@H](C=CC=Cc2ccc(C#N)cc2F)OC1)[C@@](Cn1cncn1)(OC(=O)COP(=O)([O-])O)c1ccc(F)cc1F.[Na+]. The fraction of sp³-hybridized carbons (Fsp3) is 0.310. The van der Waals surface area contributed by atoms with Crippen molar-refractivity contribution in [3.63, 3.8) is 0 Å². The van der Waals surface area contributed by atoms with Gasteiger partial charge in [-0.1, -0.05) is 24.3 Å². The van der Waals surface area contributed by atoms with Crippen LogP contribution in [0.15, 0.2) is 67.3 Å². The molecular weight excluding hydrogens is 675 g/mol. The average Bonchev–Trinajstić information content (AvgIpc) is 3.52. The molecular formula is C29H27F3N4NaO8PS. The van der Waals surface area contributed by atoms with Gasteiger partial charge in [0.25, 0.3) is 7.82 Å². The maximum Gasteiger partial charge on any atom is 1.00 e. The Morgan fingerprint density at radius 3 is 2.62 bits per heavy atom. The number of nitrogens with zero attached hydrogens (tertiary/aromatic N) is 4. The first-order chi connectivity index (χ1) is 21.9. The van der Waals surface area contributed by atoms with Crippen LogP contribution in [-0.2, 0) is 40.2 Å². The van der Waals surface area contributed by atoms with E-state index in [9.17, 15) is 23.0 Å². The fourth-order valence-electron chi connectivity index (χ4n) is 4.49. The van der Waals surface area contributed by atoms with Crippen LogP contribution < -0.4 is 34.5 Å². The van der Waals surface area contributed by atoms with Gasteiger partial charge < -0.3 is 28.5 Å². The summed E-state index contributed by atoms with van der Waals surface area (Å²) in [4.78, 5) is 36.7. The van der Waals surface area contributed by atoms with Gasteiger partial charge in [0.2, 0.25) is 0 Å². The summed E-state index contributed by atoms with van der Waals surface area (Å²) in [7, 11) is -5.30.